The van der Waals surface area contributed by atoms with Gasteiger partial charge in [-0.15, -0.1) is 0 Å². The molecule has 7 heteroatoms. The summed E-state index contributed by atoms with van der Waals surface area (Å²) in [7, 11) is -3.78. The number of benzene rings is 3. The number of nitriles is 1. The maximum atomic E-state index is 12.9. The van der Waals surface area contributed by atoms with Crippen molar-refractivity contribution in [3.63, 3.8) is 0 Å². The Bertz CT molecular complexity index is 1190. The van der Waals surface area contributed by atoms with Crippen molar-refractivity contribution in [2.45, 2.75) is 4.90 Å². The van der Waals surface area contributed by atoms with Gasteiger partial charge in [-0.2, -0.15) is 5.26 Å². The zero-order chi connectivity index (χ0) is 18.3. The summed E-state index contributed by atoms with van der Waals surface area (Å²) in [6.07, 6.45) is 0. The van der Waals surface area contributed by atoms with E-state index in [-0.39, 0.29) is 11.4 Å². The summed E-state index contributed by atoms with van der Waals surface area (Å²) in [5.74, 6) is -0.478. The van der Waals surface area contributed by atoms with Crippen LogP contribution in [0.1, 0.15) is 5.56 Å². The first-order chi connectivity index (χ1) is 12.5. The van der Waals surface area contributed by atoms with Crippen LogP contribution in [0.25, 0.3) is 10.8 Å². The fourth-order valence-corrected chi connectivity index (χ4v) is 4.79. The van der Waals surface area contributed by atoms with Gasteiger partial charge in [-0.25, -0.2) is 8.42 Å². The average Bonchev–Trinajstić information content (AvgIpc) is 2.85. The molecule has 1 aliphatic heterocycles. The molecule has 0 aromatic heterocycles. The molecule has 0 aliphatic carbocycles. The molecule has 0 bridgehead atoms. The van der Waals surface area contributed by atoms with Gasteiger partial charge in [0.2, 0.25) is 5.91 Å². The third-order valence-corrected chi connectivity index (χ3v) is 6.05. The predicted molar refractivity (Wildman–Crippen MR) is 98.3 cm³/mol. The van der Waals surface area contributed by atoms with Crippen LogP contribution in [0.4, 0.5) is 11.4 Å². The maximum Gasteiger partial charge on any atom is 0.265 e. The van der Waals surface area contributed by atoms with E-state index < -0.39 is 15.9 Å². The van der Waals surface area contributed by atoms with Gasteiger partial charge in [0.1, 0.15) is 6.54 Å². The van der Waals surface area contributed by atoms with Gasteiger partial charge in [0.05, 0.1) is 22.2 Å². The van der Waals surface area contributed by atoms with E-state index in [2.05, 4.69) is 5.32 Å². The summed E-state index contributed by atoms with van der Waals surface area (Å²) in [5, 5.41) is 13.0. The first-order valence-corrected chi connectivity index (χ1v) is 9.29. The Kier molecular flexibility index (Phi) is 3.63. The molecule has 0 unspecified atom stereocenters. The zero-order valence-corrected chi connectivity index (χ0v) is 14.3. The Morgan fingerprint density at radius 2 is 1.81 bits per heavy atom. The van der Waals surface area contributed by atoms with E-state index in [0.29, 0.717) is 22.3 Å². The normalized spacial score (nSPS) is 14.2. The fraction of sp³-hybridized carbons (Fsp3) is 0.0526. The molecule has 0 radical (unpaired) electrons. The Morgan fingerprint density at radius 3 is 2.58 bits per heavy atom. The molecule has 0 saturated heterocycles. The number of hydrogen-bond donors (Lipinski definition) is 1. The van der Waals surface area contributed by atoms with Crippen LogP contribution in [0.5, 0.6) is 0 Å². The Labute approximate surface area is 150 Å². The van der Waals surface area contributed by atoms with E-state index in [0.717, 1.165) is 9.69 Å². The summed E-state index contributed by atoms with van der Waals surface area (Å²) >= 11 is 0. The summed E-state index contributed by atoms with van der Waals surface area (Å²) < 4.78 is 26.8. The molecule has 1 amide bonds. The molecule has 0 atom stereocenters. The van der Waals surface area contributed by atoms with E-state index in [1.54, 1.807) is 42.5 Å². The smallest absolute Gasteiger partial charge is 0.265 e. The summed E-state index contributed by atoms with van der Waals surface area (Å²) in [6.45, 7) is -0.340. The summed E-state index contributed by atoms with van der Waals surface area (Å²) in [4.78, 5) is 12.6. The first kappa shape index (κ1) is 16.1. The minimum absolute atomic E-state index is 0.213. The number of carbonyl (C=O) groups is 1. The van der Waals surface area contributed by atoms with E-state index >= 15 is 0 Å². The van der Waals surface area contributed by atoms with Crippen molar-refractivity contribution in [3.8, 4) is 6.07 Å². The number of rotatable bonds is 3. The molecular weight excluding hydrogens is 350 g/mol. The highest BCUT2D eigenvalue weighted by Gasteiger charge is 2.36. The number of anilines is 2. The Balaban J connectivity index is 1.66. The quantitative estimate of drug-likeness (QED) is 0.775. The molecule has 3 aromatic rings. The van der Waals surface area contributed by atoms with Crippen LogP contribution in [0.2, 0.25) is 0 Å². The Morgan fingerprint density at radius 1 is 1.08 bits per heavy atom. The number of hydrogen-bond acceptors (Lipinski definition) is 4. The van der Waals surface area contributed by atoms with E-state index in [1.165, 1.54) is 6.07 Å². The average molecular weight is 363 g/mol. The molecular formula is C19H13N3O3S. The van der Waals surface area contributed by atoms with Gasteiger partial charge in [0, 0.05) is 11.1 Å². The van der Waals surface area contributed by atoms with Gasteiger partial charge in [0.15, 0.2) is 0 Å². The predicted octanol–water partition coefficient (Wildman–Crippen LogP) is 2.86. The van der Waals surface area contributed by atoms with Gasteiger partial charge >= 0.3 is 0 Å². The molecule has 26 heavy (non-hydrogen) atoms. The largest absolute Gasteiger partial charge is 0.324 e. The molecule has 0 saturated carbocycles. The summed E-state index contributed by atoms with van der Waals surface area (Å²) in [6, 6.07) is 18.8. The second kappa shape index (κ2) is 5.86. The first-order valence-electron chi connectivity index (χ1n) is 7.85. The molecule has 0 fully saturated rings. The monoisotopic (exact) mass is 363 g/mol. The lowest BCUT2D eigenvalue weighted by Gasteiger charge is -2.18. The highest BCUT2D eigenvalue weighted by Crippen LogP contribution is 2.41. The van der Waals surface area contributed by atoms with Crippen molar-refractivity contribution in [1.82, 2.24) is 0 Å². The van der Waals surface area contributed by atoms with Crippen LogP contribution in [0.3, 0.4) is 0 Å². The zero-order valence-electron chi connectivity index (χ0n) is 13.5. The van der Waals surface area contributed by atoms with Crippen molar-refractivity contribution in [3.05, 3.63) is 66.2 Å². The fourth-order valence-electron chi connectivity index (χ4n) is 3.13. The molecule has 1 heterocycles. The van der Waals surface area contributed by atoms with Crippen LogP contribution < -0.4 is 9.62 Å². The Hall–Kier alpha value is -3.37. The maximum absolute atomic E-state index is 12.9. The van der Waals surface area contributed by atoms with Crippen LogP contribution in [0, 0.1) is 11.3 Å². The standard InChI is InChI=1S/C19H13N3O3S/c20-11-13-4-1-7-15(10-13)21-18(23)12-22-16-8-2-5-14-6-3-9-17(19(14)16)26(22,24)25/h1-10H,12H2,(H,21,23). The van der Waals surface area contributed by atoms with Crippen molar-refractivity contribution in [2.75, 3.05) is 16.2 Å². The topological polar surface area (TPSA) is 90.3 Å². The van der Waals surface area contributed by atoms with Gasteiger partial charge < -0.3 is 5.32 Å². The van der Waals surface area contributed by atoms with Gasteiger partial charge in [-0.3, -0.25) is 9.10 Å². The van der Waals surface area contributed by atoms with Crippen molar-refractivity contribution in [2.24, 2.45) is 0 Å². The lowest BCUT2D eigenvalue weighted by Crippen LogP contribution is -2.35. The molecule has 1 N–H and O–H groups in total. The minimum atomic E-state index is -3.78. The third-order valence-electron chi connectivity index (χ3n) is 4.24. The lowest BCUT2D eigenvalue weighted by atomic mass is 10.1. The molecule has 3 aromatic carbocycles. The molecule has 6 nitrogen and oxygen atoms in total. The SMILES string of the molecule is N#Cc1cccc(NC(=O)CN2c3cccc4cccc(c34)S2(=O)=O)c1. The van der Waals surface area contributed by atoms with Crippen LogP contribution in [-0.4, -0.2) is 20.9 Å². The van der Waals surface area contributed by atoms with Crippen molar-refractivity contribution in [1.29, 1.82) is 5.26 Å². The summed E-state index contributed by atoms with van der Waals surface area (Å²) in [5.41, 5.74) is 1.36. The molecule has 4 rings (SSSR count). The van der Waals surface area contributed by atoms with E-state index in [1.807, 2.05) is 18.2 Å². The number of nitrogens with zero attached hydrogens (tertiary/aromatic N) is 2. The van der Waals surface area contributed by atoms with Crippen molar-refractivity contribution < 1.29 is 13.2 Å². The van der Waals surface area contributed by atoms with Gasteiger partial charge in [-0.05, 0) is 35.7 Å². The lowest BCUT2D eigenvalue weighted by molar-refractivity contribution is -0.114. The third kappa shape index (κ3) is 2.48. The van der Waals surface area contributed by atoms with Crippen LogP contribution in [-0.2, 0) is 14.8 Å². The van der Waals surface area contributed by atoms with Gasteiger partial charge in [-0.1, -0.05) is 30.3 Å². The minimum Gasteiger partial charge on any atom is -0.324 e. The van der Waals surface area contributed by atoms with E-state index in [9.17, 15) is 13.2 Å². The number of carbonyl (C=O) groups excluding carboxylic acids is 1. The van der Waals surface area contributed by atoms with Gasteiger partial charge in [0.25, 0.3) is 10.0 Å². The molecule has 128 valence electrons. The highest BCUT2D eigenvalue weighted by atomic mass is 32.2. The number of nitrogens with one attached hydrogen (secondary N) is 1. The van der Waals surface area contributed by atoms with E-state index in [4.69, 9.17) is 5.26 Å². The number of sulfonamides is 1. The van der Waals surface area contributed by atoms with Crippen LogP contribution in [0.15, 0.2) is 65.6 Å². The second-order valence-electron chi connectivity index (χ2n) is 5.88. The molecule has 0 spiro atoms. The molecule has 1 aliphatic rings. The van der Waals surface area contributed by atoms with Crippen molar-refractivity contribution >= 4 is 38.1 Å². The highest BCUT2D eigenvalue weighted by molar-refractivity contribution is 7.93. The second-order valence-corrected chi connectivity index (χ2v) is 7.71. The van der Waals surface area contributed by atoms with Crippen LogP contribution >= 0.6 is 0 Å². The number of amides is 1.